The number of pyridine rings is 1. The monoisotopic (exact) mass is 1010 g/mol. The molecule has 0 bridgehead atoms. The van der Waals surface area contributed by atoms with Crippen molar-refractivity contribution in [2.45, 2.75) is 63.7 Å². The molecule has 3 aromatic heterocycles. The van der Waals surface area contributed by atoms with Crippen molar-refractivity contribution in [3.05, 3.63) is 169 Å². The van der Waals surface area contributed by atoms with E-state index in [4.69, 9.17) is 14.4 Å². The van der Waals surface area contributed by atoms with Gasteiger partial charge in [-0.1, -0.05) is 98.5 Å². The first-order chi connectivity index (χ1) is 27.9. The van der Waals surface area contributed by atoms with E-state index in [1.807, 2.05) is 48.5 Å². The Kier molecular flexibility index (Phi) is 12.3. The fourth-order valence-electron chi connectivity index (χ4n) is 7.82. The van der Waals surface area contributed by atoms with E-state index in [1.165, 1.54) is 22.3 Å². The summed E-state index contributed by atoms with van der Waals surface area (Å²) in [5.74, 6) is 8.81. The molecule has 3 heterocycles. The number of nitrogens with zero attached hydrogens (tertiary/aromatic N) is 3. The van der Waals surface area contributed by atoms with Crippen molar-refractivity contribution in [3.8, 4) is 39.5 Å². The second-order valence-electron chi connectivity index (χ2n) is 17.7. The molecule has 0 N–H and O–H groups in total. The zero-order valence-electron chi connectivity index (χ0n) is 35.2. The van der Waals surface area contributed by atoms with Gasteiger partial charge in [-0.2, -0.15) is 0 Å². The summed E-state index contributed by atoms with van der Waals surface area (Å²) in [5, 5.41) is 2.17. The maximum atomic E-state index is 6.42. The van der Waals surface area contributed by atoms with Crippen LogP contribution in [-0.2, 0) is 31.9 Å². The Morgan fingerprint density at radius 2 is 1.47 bits per heavy atom. The minimum Gasteiger partial charge on any atom is 0 e. The number of para-hydroxylation sites is 3. The van der Waals surface area contributed by atoms with E-state index in [-0.39, 0.29) is 25.5 Å². The summed E-state index contributed by atoms with van der Waals surface area (Å²) < 4.78 is 10.2. The van der Waals surface area contributed by atoms with Crippen LogP contribution in [0.25, 0.3) is 72.4 Å². The second kappa shape index (κ2) is 17.3. The quantitative estimate of drug-likeness (QED) is 0.118. The fourth-order valence-corrected chi connectivity index (χ4v) is 11.2. The van der Waals surface area contributed by atoms with E-state index in [9.17, 15) is 0 Å². The number of rotatable bonds is 7. The van der Waals surface area contributed by atoms with Crippen molar-refractivity contribution in [1.29, 1.82) is 0 Å². The number of furan rings is 1. The van der Waals surface area contributed by atoms with E-state index in [2.05, 4.69) is 166 Å². The third kappa shape index (κ3) is 8.80. The number of aromatic nitrogens is 3. The Morgan fingerprint density at radius 1 is 0.746 bits per heavy atom. The Morgan fingerprint density at radius 3 is 2.20 bits per heavy atom. The number of hydrogen-bond acceptors (Lipinski definition) is 3. The van der Waals surface area contributed by atoms with E-state index < -0.39 is 13.3 Å². The molecule has 0 aliphatic rings. The predicted molar refractivity (Wildman–Crippen MR) is 247 cm³/mol. The normalized spacial score (nSPS) is 11.8. The average Bonchev–Trinajstić information content (AvgIpc) is 3.79. The van der Waals surface area contributed by atoms with Gasteiger partial charge in [0.25, 0.3) is 0 Å². The Balaban J connectivity index is 0.000000214. The number of benzene rings is 6. The first kappa shape index (κ1) is 42.1. The van der Waals surface area contributed by atoms with Gasteiger partial charge in [0.2, 0.25) is 0 Å². The maximum Gasteiger partial charge on any atom is 0 e. The van der Waals surface area contributed by atoms with Gasteiger partial charge in [-0.15, -0.1) is 18.2 Å². The summed E-state index contributed by atoms with van der Waals surface area (Å²) in [5.41, 5.74) is 12.9. The zero-order valence-corrected chi connectivity index (χ0v) is 39.7. The molecule has 0 amide bonds. The third-order valence-corrected chi connectivity index (χ3v) is 15.1. The van der Waals surface area contributed by atoms with Crippen LogP contribution in [-0.4, -0.2) is 27.8 Å². The predicted octanol–water partition coefficient (Wildman–Crippen LogP) is 13.6. The van der Waals surface area contributed by atoms with Crippen molar-refractivity contribution >= 4 is 50.6 Å². The molecule has 0 saturated carbocycles. The van der Waals surface area contributed by atoms with Crippen molar-refractivity contribution in [2.24, 2.45) is 5.92 Å². The average molecular weight is 1010 g/mol. The van der Waals surface area contributed by atoms with Gasteiger partial charge in [-0.3, -0.25) is 4.98 Å². The van der Waals surface area contributed by atoms with Crippen LogP contribution in [0.2, 0.25) is 17.3 Å². The number of fused-ring (bicyclic) bond motifs is 4. The van der Waals surface area contributed by atoms with E-state index >= 15 is 0 Å². The molecule has 0 unspecified atom stereocenters. The molecule has 9 aromatic rings. The van der Waals surface area contributed by atoms with Crippen LogP contribution in [0.15, 0.2) is 150 Å². The molecule has 0 aliphatic heterocycles. The van der Waals surface area contributed by atoms with Crippen LogP contribution in [0.1, 0.15) is 45.7 Å². The van der Waals surface area contributed by atoms with Gasteiger partial charge in [0.05, 0.1) is 22.4 Å². The standard InChI is InChI=1S/C35H27N2O.C18H24GeN.Ir/c1-35(2,3)24-20-21-30(28(22-24)23-12-5-4-6-13-23)37-31-18-9-8-17-29(31)36-34(37)27-16-11-15-26-25-14-7-10-19-32(25)38-33(26)27;1-14(2)11-16-12-18(15-9-7-6-8-10-15)20-13-17(16)19(3,4)5;/h4-15,17-22H,1-3H3;6-9,12-14H,11H2,1-5H3;/q2*-1;. The van der Waals surface area contributed by atoms with Crippen molar-refractivity contribution in [3.63, 3.8) is 0 Å². The van der Waals surface area contributed by atoms with E-state index in [1.54, 1.807) is 4.40 Å². The summed E-state index contributed by atoms with van der Waals surface area (Å²) in [4.78, 5) is 9.86. The summed E-state index contributed by atoms with van der Waals surface area (Å²) >= 11 is -1.86. The summed E-state index contributed by atoms with van der Waals surface area (Å²) in [6.07, 6.45) is 3.27. The van der Waals surface area contributed by atoms with E-state index in [0.29, 0.717) is 5.92 Å². The van der Waals surface area contributed by atoms with Crippen LogP contribution >= 0.6 is 0 Å². The Labute approximate surface area is 365 Å². The minimum absolute atomic E-state index is 0. The van der Waals surface area contributed by atoms with Gasteiger partial charge < -0.3 is 8.98 Å². The summed E-state index contributed by atoms with van der Waals surface area (Å²) in [6.45, 7) is 11.3. The van der Waals surface area contributed by atoms with Gasteiger partial charge in [-0.05, 0) is 46.9 Å². The minimum atomic E-state index is -1.86. The molecule has 0 spiro atoms. The van der Waals surface area contributed by atoms with Crippen LogP contribution < -0.4 is 4.40 Å². The molecule has 4 nitrogen and oxygen atoms in total. The Bertz CT molecular complexity index is 2860. The van der Waals surface area contributed by atoms with Crippen LogP contribution in [0.3, 0.4) is 0 Å². The molecule has 1 radical (unpaired) electrons. The van der Waals surface area contributed by atoms with Gasteiger partial charge in [0.15, 0.2) is 0 Å². The van der Waals surface area contributed by atoms with E-state index in [0.717, 1.165) is 67.7 Å². The maximum absolute atomic E-state index is 6.42. The topological polar surface area (TPSA) is 43.9 Å². The molecular weight excluding hydrogens is 959 g/mol. The molecule has 0 atom stereocenters. The van der Waals surface area contributed by atoms with Crippen molar-refractivity contribution in [1.82, 2.24) is 14.5 Å². The van der Waals surface area contributed by atoms with Crippen LogP contribution in [0.4, 0.5) is 0 Å². The van der Waals surface area contributed by atoms with Gasteiger partial charge in [0.1, 0.15) is 5.58 Å². The fraction of sp³-hybridized carbons (Fsp3) is 0.208. The molecular formula is C53H51GeIrN3O-2. The number of imidazole rings is 1. The molecule has 0 saturated heterocycles. The molecule has 59 heavy (non-hydrogen) atoms. The third-order valence-electron chi connectivity index (χ3n) is 10.7. The van der Waals surface area contributed by atoms with Crippen LogP contribution in [0, 0.1) is 18.1 Å². The van der Waals surface area contributed by atoms with Gasteiger partial charge in [-0.25, -0.2) is 0 Å². The van der Waals surface area contributed by atoms with Crippen molar-refractivity contribution in [2.75, 3.05) is 0 Å². The molecule has 299 valence electrons. The van der Waals surface area contributed by atoms with Gasteiger partial charge >= 0.3 is 126 Å². The molecule has 0 fully saturated rings. The Hall–Kier alpha value is -5.07. The summed E-state index contributed by atoms with van der Waals surface area (Å²) in [6, 6.07) is 55.1. The molecule has 6 aromatic carbocycles. The second-order valence-corrected chi connectivity index (χ2v) is 28.2. The SMILES string of the molecule is CC(C)(C)c1ccc(-n2c(-c3[c-]ccc4c3oc3ccccc34)nc3ccccc32)c(-c2ccccc2)c1.CC(C)Cc1cc(-c2[c-]cccc2)nc[c]1[Ge]([CH3])([CH3])[CH3].[Ir]. The number of hydrogen-bond donors (Lipinski definition) is 0. The molecule has 9 rings (SSSR count). The smallest absolute Gasteiger partial charge is 0 e. The largest absolute Gasteiger partial charge is 0 e. The molecule has 0 aliphatic carbocycles. The first-order valence-corrected chi connectivity index (χ1v) is 27.7. The summed E-state index contributed by atoms with van der Waals surface area (Å²) in [7, 11) is 0. The van der Waals surface area contributed by atoms with Crippen LogP contribution in [0.5, 0.6) is 0 Å². The van der Waals surface area contributed by atoms with Gasteiger partial charge in [0, 0.05) is 36.7 Å². The van der Waals surface area contributed by atoms with Crippen molar-refractivity contribution < 1.29 is 24.5 Å². The molecule has 6 heteroatoms. The first-order valence-electron chi connectivity index (χ1n) is 20.3. The zero-order chi connectivity index (χ0) is 40.6.